The maximum Gasteiger partial charge on any atom is 0.317 e. The topological polar surface area (TPSA) is 80.5 Å². The summed E-state index contributed by atoms with van der Waals surface area (Å²) in [6.45, 7) is 6.17. The summed E-state index contributed by atoms with van der Waals surface area (Å²) in [4.78, 5) is 18.5. The molecule has 0 saturated carbocycles. The predicted octanol–water partition coefficient (Wildman–Crippen LogP) is 3.08. The van der Waals surface area contributed by atoms with Crippen LogP contribution in [0.25, 0.3) is 0 Å². The summed E-state index contributed by atoms with van der Waals surface area (Å²) in [5, 5.41) is 6.90. The minimum atomic E-state index is -0.0537. The van der Waals surface area contributed by atoms with Crippen molar-refractivity contribution in [2.75, 3.05) is 13.1 Å². The van der Waals surface area contributed by atoms with Crippen LogP contribution in [0.4, 0.5) is 4.79 Å². The number of likely N-dealkylation sites (tertiary alicyclic amines) is 1. The summed E-state index contributed by atoms with van der Waals surface area (Å²) in [5.41, 5.74) is 1.09. The molecule has 0 aliphatic carbocycles. The van der Waals surface area contributed by atoms with Gasteiger partial charge in [-0.1, -0.05) is 49.3 Å². The highest BCUT2D eigenvalue weighted by atomic mass is 16.5. The molecule has 140 valence electrons. The van der Waals surface area contributed by atoms with Crippen molar-refractivity contribution in [1.29, 1.82) is 0 Å². The number of benzene rings is 1. The number of amides is 2. The van der Waals surface area contributed by atoms with E-state index in [0.717, 1.165) is 24.9 Å². The number of nitrogens with one attached hydrogen (secondary N) is 1. The van der Waals surface area contributed by atoms with Gasteiger partial charge in [0.1, 0.15) is 6.61 Å². The van der Waals surface area contributed by atoms with E-state index < -0.39 is 0 Å². The Kier molecular flexibility index (Phi) is 6.22. The van der Waals surface area contributed by atoms with Gasteiger partial charge < -0.3 is 19.5 Å². The first kappa shape index (κ1) is 18.4. The third-order valence-corrected chi connectivity index (χ3v) is 4.39. The zero-order chi connectivity index (χ0) is 18.4. The molecule has 26 heavy (non-hydrogen) atoms. The smallest absolute Gasteiger partial charge is 0.317 e. The molecule has 2 heterocycles. The van der Waals surface area contributed by atoms with Crippen LogP contribution in [0.15, 0.2) is 34.9 Å². The van der Waals surface area contributed by atoms with E-state index in [1.165, 1.54) is 0 Å². The molecule has 2 aromatic rings. The van der Waals surface area contributed by atoms with Crippen LogP contribution in [0.3, 0.4) is 0 Å². The van der Waals surface area contributed by atoms with Crippen LogP contribution in [-0.4, -0.2) is 40.3 Å². The Bertz CT molecular complexity index is 702. The van der Waals surface area contributed by atoms with Gasteiger partial charge in [-0.3, -0.25) is 0 Å². The number of hydrogen-bond acceptors (Lipinski definition) is 5. The standard InChI is InChI=1S/C19H26N4O3/c1-14(2)18-21-17(26-22-18)13-25-16-9-6-10-23(12-16)19(24)20-11-15-7-4-3-5-8-15/h3-5,7-8,14,16H,6,9-13H2,1-2H3,(H,20,24). The SMILES string of the molecule is CC(C)c1noc(COC2CCCN(C(=O)NCc3ccccc3)C2)n1. The van der Waals surface area contributed by atoms with Gasteiger partial charge in [-0.15, -0.1) is 0 Å². The van der Waals surface area contributed by atoms with Crippen molar-refractivity contribution in [2.24, 2.45) is 0 Å². The number of carbonyl (C=O) groups excluding carboxylic acids is 1. The van der Waals surface area contributed by atoms with Gasteiger partial charge in [-0.25, -0.2) is 4.79 Å². The molecule has 0 bridgehead atoms. The number of nitrogens with zero attached hydrogens (tertiary/aromatic N) is 3. The Morgan fingerprint density at radius 1 is 1.38 bits per heavy atom. The third kappa shape index (κ3) is 5.05. The number of ether oxygens (including phenoxy) is 1. The first-order valence-corrected chi connectivity index (χ1v) is 9.12. The van der Waals surface area contributed by atoms with Gasteiger partial charge in [0.25, 0.3) is 5.89 Å². The second-order valence-corrected chi connectivity index (χ2v) is 6.87. The molecule has 0 radical (unpaired) electrons. The Labute approximate surface area is 153 Å². The average molecular weight is 358 g/mol. The van der Waals surface area contributed by atoms with Crippen molar-refractivity contribution >= 4 is 6.03 Å². The van der Waals surface area contributed by atoms with Crippen LogP contribution in [0.2, 0.25) is 0 Å². The second kappa shape index (κ2) is 8.80. The Morgan fingerprint density at radius 3 is 2.92 bits per heavy atom. The van der Waals surface area contributed by atoms with Crippen molar-refractivity contribution in [2.45, 2.75) is 51.9 Å². The minimum Gasteiger partial charge on any atom is -0.367 e. The highest BCUT2D eigenvalue weighted by Gasteiger charge is 2.24. The minimum absolute atomic E-state index is 0.0133. The van der Waals surface area contributed by atoms with Crippen molar-refractivity contribution < 1.29 is 14.1 Å². The molecule has 1 N–H and O–H groups in total. The van der Waals surface area contributed by atoms with Gasteiger partial charge in [0.2, 0.25) is 0 Å². The van der Waals surface area contributed by atoms with Gasteiger partial charge in [-0.05, 0) is 18.4 Å². The van der Waals surface area contributed by atoms with Gasteiger partial charge in [0.05, 0.1) is 6.10 Å². The van der Waals surface area contributed by atoms with E-state index in [1.54, 1.807) is 0 Å². The van der Waals surface area contributed by atoms with E-state index in [1.807, 2.05) is 49.1 Å². The van der Waals surface area contributed by atoms with E-state index >= 15 is 0 Å². The van der Waals surface area contributed by atoms with E-state index in [2.05, 4.69) is 15.5 Å². The lowest BCUT2D eigenvalue weighted by molar-refractivity contribution is -0.0103. The van der Waals surface area contributed by atoms with E-state index in [-0.39, 0.29) is 24.7 Å². The zero-order valence-corrected chi connectivity index (χ0v) is 15.4. The van der Waals surface area contributed by atoms with Crippen LogP contribution in [0.1, 0.15) is 49.9 Å². The molecule has 1 aromatic carbocycles. The normalized spacial score (nSPS) is 17.5. The molecule has 3 rings (SSSR count). The monoisotopic (exact) mass is 358 g/mol. The fourth-order valence-corrected chi connectivity index (χ4v) is 2.89. The third-order valence-electron chi connectivity index (χ3n) is 4.39. The first-order valence-electron chi connectivity index (χ1n) is 9.12. The summed E-state index contributed by atoms with van der Waals surface area (Å²) in [5.74, 6) is 1.40. The molecule has 1 atom stereocenters. The molecule has 0 spiro atoms. The molecule has 1 saturated heterocycles. The predicted molar refractivity (Wildman–Crippen MR) is 96.4 cm³/mol. The van der Waals surface area contributed by atoms with Crippen LogP contribution in [-0.2, 0) is 17.9 Å². The molecular weight excluding hydrogens is 332 g/mol. The van der Waals surface area contributed by atoms with Crippen molar-refractivity contribution in [3.63, 3.8) is 0 Å². The lowest BCUT2D eigenvalue weighted by atomic mass is 10.1. The molecule has 1 fully saturated rings. The van der Waals surface area contributed by atoms with Crippen molar-refractivity contribution in [3.8, 4) is 0 Å². The lowest BCUT2D eigenvalue weighted by Gasteiger charge is -2.32. The molecule has 7 nitrogen and oxygen atoms in total. The molecule has 7 heteroatoms. The van der Waals surface area contributed by atoms with Crippen LogP contribution < -0.4 is 5.32 Å². The zero-order valence-electron chi connectivity index (χ0n) is 15.4. The molecule has 1 aliphatic rings. The fourth-order valence-electron chi connectivity index (χ4n) is 2.89. The number of hydrogen-bond donors (Lipinski definition) is 1. The van der Waals surface area contributed by atoms with E-state index in [4.69, 9.17) is 9.26 Å². The quantitative estimate of drug-likeness (QED) is 0.858. The van der Waals surface area contributed by atoms with Crippen molar-refractivity contribution in [1.82, 2.24) is 20.4 Å². The highest BCUT2D eigenvalue weighted by molar-refractivity contribution is 5.74. The van der Waals surface area contributed by atoms with Gasteiger partial charge in [0.15, 0.2) is 5.82 Å². The number of aromatic nitrogens is 2. The van der Waals surface area contributed by atoms with Crippen LogP contribution in [0.5, 0.6) is 0 Å². The Morgan fingerprint density at radius 2 is 2.19 bits per heavy atom. The first-order chi connectivity index (χ1) is 12.6. The fraction of sp³-hybridized carbons (Fsp3) is 0.526. The van der Waals surface area contributed by atoms with Gasteiger partial charge in [-0.2, -0.15) is 4.98 Å². The average Bonchev–Trinajstić information content (AvgIpc) is 3.15. The lowest BCUT2D eigenvalue weighted by Crippen LogP contribution is -2.47. The maximum atomic E-state index is 12.4. The summed E-state index contributed by atoms with van der Waals surface area (Å²) >= 11 is 0. The van der Waals surface area contributed by atoms with Gasteiger partial charge in [0, 0.05) is 25.6 Å². The van der Waals surface area contributed by atoms with Crippen LogP contribution >= 0.6 is 0 Å². The van der Waals surface area contributed by atoms with E-state index in [9.17, 15) is 4.79 Å². The maximum absolute atomic E-state index is 12.4. The Balaban J connectivity index is 1.45. The second-order valence-electron chi connectivity index (χ2n) is 6.87. The molecule has 1 aliphatic heterocycles. The number of carbonyl (C=O) groups is 1. The summed E-state index contributed by atoms with van der Waals surface area (Å²) in [7, 11) is 0. The molecular formula is C19H26N4O3. The summed E-state index contributed by atoms with van der Waals surface area (Å²) in [6.07, 6.45) is 1.83. The number of urea groups is 1. The number of piperidine rings is 1. The van der Waals surface area contributed by atoms with E-state index in [0.29, 0.717) is 24.8 Å². The molecule has 2 amide bonds. The largest absolute Gasteiger partial charge is 0.367 e. The summed E-state index contributed by atoms with van der Waals surface area (Å²) in [6, 6.07) is 9.84. The van der Waals surface area contributed by atoms with Crippen molar-refractivity contribution in [3.05, 3.63) is 47.6 Å². The van der Waals surface area contributed by atoms with Gasteiger partial charge >= 0.3 is 6.03 Å². The highest BCUT2D eigenvalue weighted by Crippen LogP contribution is 2.16. The summed E-state index contributed by atoms with van der Waals surface area (Å²) < 4.78 is 11.1. The molecule has 1 aromatic heterocycles. The van der Waals surface area contributed by atoms with Crippen LogP contribution in [0, 0.1) is 0 Å². The molecule has 1 unspecified atom stereocenters. The Hall–Kier alpha value is -2.41. The number of rotatable bonds is 6.